The summed E-state index contributed by atoms with van der Waals surface area (Å²) < 4.78 is 11.9. The van der Waals surface area contributed by atoms with Gasteiger partial charge in [-0.2, -0.15) is 4.98 Å². The minimum Gasteiger partial charge on any atom is -0.481 e. The van der Waals surface area contributed by atoms with Crippen LogP contribution in [0.3, 0.4) is 0 Å². The Morgan fingerprint density at radius 3 is 2.84 bits per heavy atom. The number of fused-ring (bicyclic) bond motifs is 1. The zero-order chi connectivity index (χ0) is 13.4. The second kappa shape index (κ2) is 4.57. The van der Waals surface area contributed by atoms with Crippen molar-refractivity contribution >= 4 is 17.0 Å². The van der Waals surface area contributed by atoms with Gasteiger partial charge in [0, 0.05) is 18.0 Å². The third-order valence-corrected chi connectivity index (χ3v) is 3.46. The Hall–Kier alpha value is -2.04. The third kappa shape index (κ3) is 2.16. The van der Waals surface area contributed by atoms with Gasteiger partial charge in [0.05, 0.1) is 14.2 Å². The lowest BCUT2D eigenvalue weighted by atomic mass is 10.3. The predicted molar refractivity (Wildman–Crippen MR) is 70.3 cm³/mol. The van der Waals surface area contributed by atoms with E-state index in [1.165, 1.54) is 20.0 Å². The molecule has 19 heavy (non-hydrogen) atoms. The maximum absolute atomic E-state index is 11.9. The van der Waals surface area contributed by atoms with Crippen molar-refractivity contribution in [2.45, 2.75) is 19.4 Å². The number of nitrogens with zero attached hydrogens (tertiary/aromatic N) is 2. The van der Waals surface area contributed by atoms with E-state index in [2.05, 4.69) is 4.98 Å². The van der Waals surface area contributed by atoms with E-state index in [9.17, 15) is 4.79 Å². The van der Waals surface area contributed by atoms with Crippen molar-refractivity contribution < 1.29 is 14.3 Å². The van der Waals surface area contributed by atoms with Crippen LogP contribution in [0.1, 0.15) is 23.3 Å². The Morgan fingerprint density at radius 2 is 2.21 bits per heavy atom. The van der Waals surface area contributed by atoms with Gasteiger partial charge in [-0.1, -0.05) is 0 Å². The van der Waals surface area contributed by atoms with Crippen LogP contribution in [-0.2, 0) is 11.3 Å². The van der Waals surface area contributed by atoms with Gasteiger partial charge < -0.3 is 14.0 Å². The summed E-state index contributed by atoms with van der Waals surface area (Å²) in [5.41, 5.74) is 1.34. The highest BCUT2D eigenvalue weighted by Crippen LogP contribution is 2.33. The molecule has 0 spiro atoms. The molecule has 0 amide bonds. The van der Waals surface area contributed by atoms with E-state index in [1.54, 1.807) is 13.2 Å². The van der Waals surface area contributed by atoms with Crippen molar-refractivity contribution in [3.8, 4) is 5.88 Å². The van der Waals surface area contributed by atoms with Gasteiger partial charge in [0.15, 0.2) is 0 Å². The molecule has 3 rings (SSSR count). The SMILES string of the molecule is COC(=O)c1cc2ccc(OC)nc2n1CC1CC1. The predicted octanol–water partition coefficient (Wildman–Crippen LogP) is 2.24. The molecule has 0 radical (unpaired) electrons. The summed E-state index contributed by atoms with van der Waals surface area (Å²) >= 11 is 0. The maximum atomic E-state index is 11.9. The summed E-state index contributed by atoms with van der Waals surface area (Å²) in [7, 11) is 2.99. The number of carbonyl (C=O) groups excluding carboxylic acids is 1. The normalized spacial score (nSPS) is 14.6. The number of hydrogen-bond donors (Lipinski definition) is 0. The van der Waals surface area contributed by atoms with Gasteiger partial charge in [0.25, 0.3) is 0 Å². The fourth-order valence-corrected chi connectivity index (χ4v) is 2.24. The fraction of sp³-hybridized carbons (Fsp3) is 0.429. The number of hydrogen-bond acceptors (Lipinski definition) is 4. The monoisotopic (exact) mass is 260 g/mol. The quantitative estimate of drug-likeness (QED) is 0.791. The van der Waals surface area contributed by atoms with E-state index in [-0.39, 0.29) is 5.97 Å². The molecule has 0 bridgehead atoms. The highest BCUT2D eigenvalue weighted by Gasteiger charge is 2.26. The molecule has 0 unspecified atom stereocenters. The number of ether oxygens (including phenoxy) is 2. The summed E-state index contributed by atoms with van der Waals surface area (Å²) in [6.07, 6.45) is 2.43. The molecule has 1 fully saturated rings. The Bertz CT molecular complexity index is 629. The average molecular weight is 260 g/mol. The average Bonchev–Trinajstić information content (AvgIpc) is 3.19. The maximum Gasteiger partial charge on any atom is 0.354 e. The first kappa shape index (κ1) is 12.0. The lowest BCUT2D eigenvalue weighted by Gasteiger charge is -2.08. The van der Waals surface area contributed by atoms with E-state index < -0.39 is 0 Å². The molecule has 2 aromatic rings. The van der Waals surface area contributed by atoms with Crippen LogP contribution >= 0.6 is 0 Å². The molecule has 1 aliphatic carbocycles. The zero-order valence-corrected chi connectivity index (χ0v) is 11.0. The van der Waals surface area contributed by atoms with Gasteiger partial charge in [-0.15, -0.1) is 0 Å². The van der Waals surface area contributed by atoms with Gasteiger partial charge in [-0.05, 0) is 30.9 Å². The number of aromatic nitrogens is 2. The highest BCUT2D eigenvalue weighted by atomic mass is 16.5. The van der Waals surface area contributed by atoms with Crippen molar-refractivity contribution in [1.82, 2.24) is 9.55 Å². The topological polar surface area (TPSA) is 53.4 Å². The lowest BCUT2D eigenvalue weighted by molar-refractivity contribution is 0.0588. The van der Waals surface area contributed by atoms with Crippen LogP contribution in [0.25, 0.3) is 11.0 Å². The molecule has 0 saturated heterocycles. The fourth-order valence-electron chi connectivity index (χ4n) is 2.24. The molecule has 100 valence electrons. The van der Waals surface area contributed by atoms with Gasteiger partial charge in [-0.3, -0.25) is 0 Å². The Morgan fingerprint density at radius 1 is 1.42 bits per heavy atom. The molecule has 1 aliphatic rings. The summed E-state index contributed by atoms with van der Waals surface area (Å²) in [5, 5.41) is 0.932. The number of methoxy groups -OCH3 is 2. The minimum absolute atomic E-state index is 0.322. The van der Waals surface area contributed by atoms with Crippen LogP contribution in [0.15, 0.2) is 18.2 Å². The summed E-state index contributed by atoms with van der Waals surface area (Å²) in [5.74, 6) is 0.878. The molecular formula is C14H16N2O3. The highest BCUT2D eigenvalue weighted by molar-refractivity contribution is 5.94. The second-order valence-electron chi connectivity index (χ2n) is 4.84. The van der Waals surface area contributed by atoms with Crippen LogP contribution in [0.4, 0.5) is 0 Å². The first-order chi connectivity index (χ1) is 9.22. The van der Waals surface area contributed by atoms with E-state index in [1.807, 2.05) is 16.7 Å². The molecular weight excluding hydrogens is 244 g/mol. The van der Waals surface area contributed by atoms with E-state index in [0.717, 1.165) is 17.6 Å². The molecule has 0 atom stereocenters. The first-order valence-electron chi connectivity index (χ1n) is 6.35. The minimum atomic E-state index is -0.322. The van der Waals surface area contributed by atoms with Crippen LogP contribution in [-0.4, -0.2) is 29.7 Å². The molecule has 2 heterocycles. The summed E-state index contributed by atoms with van der Waals surface area (Å²) in [6, 6.07) is 5.54. The van der Waals surface area contributed by atoms with Crippen LogP contribution in [0, 0.1) is 5.92 Å². The van der Waals surface area contributed by atoms with E-state index in [4.69, 9.17) is 9.47 Å². The molecule has 0 aromatic carbocycles. The van der Waals surface area contributed by atoms with Gasteiger partial charge in [0.1, 0.15) is 11.3 Å². The third-order valence-electron chi connectivity index (χ3n) is 3.46. The smallest absolute Gasteiger partial charge is 0.354 e. The largest absolute Gasteiger partial charge is 0.481 e. The van der Waals surface area contributed by atoms with E-state index >= 15 is 0 Å². The number of pyridine rings is 1. The van der Waals surface area contributed by atoms with Crippen molar-refractivity contribution in [2.75, 3.05) is 14.2 Å². The van der Waals surface area contributed by atoms with E-state index in [0.29, 0.717) is 17.5 Å². The Balaban J connectivity index is 2.14. The Kier molecular flexibility index (Phi) is 2.89. The van der Waals surface area contributed by atoms with Gasteiger partial charge in [-0.25, -0.2) is 4.79 Å². The first-order valence-corrected chi connectivity index (χ1v) is 6.35. The molecule has 0 aliphatic heterocycles. The van der Waals surface area contributed by atoms with Gasteiger partial charge in [0.2, 0.25) is 5.88 Å². The second-order valence-corrected chi connectivity index (χ2v) is 4.84. The van der Waals surface area contributed by atoms with Crippen LogP contribution in [0.2, 0.25) is 0 Å². The van der Waals surface area contributed by atoms with Crippen LogP contribution in [0.5, 0.6) is 5.88 Å². The van der Waals surface area contributed by atoms with Crippen molar-refractivity contribution in [3.63, 3.8) is 0 Å². The lowest BCUT2D eigenvalue weighted by Crippen LogP contribution is -2.12. The number of esters is 1. The number of rotatable bonds is 4. The number of carbonyl (C=O) groups is 1. The summed E-state index contributed by atoms with van der Waals surface area (Å²) in [6.45, 7) is 0.814. The van der Waals surface area contributed by atoms with Crippen LogP contribution < -0.4 is 4.74 Å². The van der Waals surface area contributed by atoms with Crippen molar-refractivity contribution in [3.05, 3.63) is 23.9 Å². The Labute approximate surface area is 111 Å². The zero-order valence-electron chi connectivity index (χ0n) is 11.0. The molecule has 5 nitrogen and oxygen atoms in total. The summed E-state index contributed by atoms with van der Waals surface area (Å²) in [4.78, 5) is 16.3. The van der Waals surface area contributed by atoms with Gasteiger partial charge >= 0.3 is 5.97 Å². The molecule has 2 aromatic heterocycles. The molecule has 1 saturated carbocycles. The molecule has 5 heteroatoms. The molecule has 0 N–H and O–H groups in total. The van der Waals surface area contributed by atoms with Crippen molar-refractivity contribution in [1.29, 1.82) is 0 Å². The standard InChI is InChI=1S/C14H16N2O3/c1-18-12-6-5-10-7-11(14(17)19-2)16(13(10)15-12)8-9-3-4-9/h5-7,9H,3-4,8H2,1-2H3. The van der Waals surface area contributed by atoms with Crippen molar-refractivity contribution in [2.24, 2.45) is 5.92 Å².